The van der Waals surface area contributed by atoms with Gasteiger partial charge in [-0.3, -0.25) is 0 Å². The zero-order chi connectivity index (χ0) is 15.8. The van der Waals surface area contributed by atoms with Crippen LogP contribution in [0.1, 0.15) is 45.1 Å². The Hall–Kier alpha value is -0.970. The number of hydrogen-bond donors (Lipinski definition) is 1. The first-order chi connectivity index (χ1) is 10.4. The average molecular weight is 307 g/mol. The monoisotopic (exact) mass is 307 g/mol. The Morgan fingerprint density at radius 2 is 1.59 bits per heavy atom. The van der Waals surface area contributed by atoms with Gasteiger partial charge in [-0.2, -0.15) is 0 Å². The van der Waals surface area contributed by atoms with Crippen LogP contribution in [0.25, 0.3) is 0 Å². The quantitative estimate of drug-likeness (QED) is 0.906. The van der Waals surface area contributed by atoms with Gasteiger partial charge in [0.15, 0.2) is 5.79 Å². The fourth-order valence-corrected chi connectivity index (χ4v) is 3.81. The third kappa shape index (κ3) is 2.47. The van der Waals surface area contributed by atoms with Gasteiger partial charge in [-0.1, -0.05) is 32.4 Å². The van der Waals surface area contributed by atoms with Crippen molar-refractivity contribution >= 4 is 0 Å². The second-order valence-corrected chi connectivity index (χ2v) is 7.36. The molecule has 1 saturated heterocycles. The second-order valence-electron chi connectivity index (χ2n) is 7.36. The largest absolute Gasteiger partial charge is 0.347 e. The molecule has 1 spiro atoms. The van der Waals surface area contributed by atoms with E-state index in [2.05, 4.69) is 19.2 Å². The fourth-order valence-electron chi connectivity index (χ4n) is 3.81. The van der Waals surface area contributed by atoms with E-state index in [1.165, 1.54) is 12.1 Å². The van der Waals surface area contributed by atoms with Crippen LogP contribution in [0, 0.1) is 11.2 Å². The predicted molar refractivity (Wildman–Crippen MR) is 84.0 cm³/mol. The molecule has 22 heavy (non-hydrogen) atoms. The smallest absolute Gasteiger partial charge is 0.190 e. The van der Waals surface area contributed by atoms with E-state index in [0.29, 0.717) is 13.2 Å². The summed E-state index contributed by atoms with van der Waals surface area (Å²) >= 11 is 0. The molecule has 3 rings (SSSR count). The summed E-state index contributed by atoms with van der Waals surface area (Å²) in [7, 11) is 1.95. The van der Waals surface area contributed by atoms with Gasteiger partial charge in [-0.05, 0) is 37.6 Å². The van der Waals surface area contributed by atoms with Gasteiger partial charge in [-0.25, -0.2) is 4.39 Å². The Morgan fingerprint density at radius 1 is 1.00 bits per heavy atom. The first-order valence-corrected chi connectivity index (χ1v) is 8.16. The van der Waals surface area contributed by atoms with Gasteiger partial charge in [0.25, 0.3) is 0 Å². The van der Waals surface area contributed by atoms with E-state index in [-0.39, 0.29) is 11.2 Å². The maximum Gasteiger partial charge on any atom is 0.190 e. The van der Waals surface area contributed by atoms with Crippen LogP contribution in [0.2, 0.25) is 0 Å². The van der Waals surface area contributed by atoms with Crippen molar-refractivity contribution in [2.45, 2.75) is 50.9 Å². The van der Waals surface area contributed by atoms with Gasteiger partial charge in [0.1, 0.15) is 5.82 Å². The Balaban J connectivity index is 2.01. The van der Waals surface area contributed by atoms with E-state index < -0.39 is 11.3 Å². The molecule has 1 aliphatic heterocycles. The third-order valence-electron chi connectivity index (χ3n) is 5.11. The highest BCUT2D eigenvalue weighted by Gasteiger charge is 2.57. The maximum atomic E-state index is 13.3. The number of likely N-dealkylation sites (N-methyl/N-ethyl adjacent to an activating group) is 1. The van der Waals surface area contributed by atoms with Crippen molar-refractivity contribution in [2.75, 3.05) is 20.3 Å². The Bertz CT molecular complexity index is 518. The fraction of sp³-hybridized carbons (Fsp3) is 0.667. The molecular weight excluding hydrogens is 281 g/mol. The minimum absolute atomic E-state index is 0.0327. The molecule has 0 amide bonds. The van der Waals surface area contributed by atoms with E-state index in [1.54, 1.807) is 0 Å². The minimum Gasteiger partial charge on any atom is -0.347 e. The molecule has 1 N–H and O–H groups in total. The highest BCUT2D eigenvalue weighted by atomic mass is 19.1. The lowest BCUT2D eigenvalue weighted by Gasteiger charge is -2.56. The van der Waals surface area contributed by atoms with Crippen molar-refractivity contribution < 1.29 is 13.9 Å². The standard InChI is InChI=1S/C18H26FNO2/c1-16(2)12-21-18(22-13-16)11-5-4-10-17(18,20-3)14-6-8-15(19)9-7-14/h6-9,20H,4-5,10-13H2,1-3H3. The molecule has 1 unspecified atom stereocenters. The minimum atomic E-state index is -0.659. The summed E-state index contributed by atoms with van der Waals surface area (Å²) < 4.78 is 26.0. The summed E-state index contributed by atoms with van der Waals surface area (Å²) in [6, 6.07) is 6.74. The van der Waals surface area contributed by atoms with Crippen molar-refractivity contribution in [3.05, 3.63) is 35.6 Å². The SMILES string of the molecule is CNC1(c2ccc(F)cc2)CCCCC12OCC(C)(C)CO2. The average Bonchev–Trinajstić information content (AvgIpc) is 2.52. The summed E-state index contributed by atoms with van der Waals surface area (Å²) in [6.07, 6.45) is 3.98. The maximum absolute atomic E-state index is 13.3. The molecule has 2 fully saturated rings. The van der Waals surface area contributed by atoms with E-state index in [9.17, 15) is 4.39 Å². The van der Waals surface area contributed by atoms with Crippen molar-refractivity contribution in [2.24, 2.45) is 5.41 Å². The third-order valence-corrected chi connectivity index (χ3v) is 5.11. The molecule has 1 saturated carbocycles. The molecular formula is C18H26FNO2. The van der Waals surface area contributed by atoms with Gasteiger partial charge < -0.3 is 14.8 Å². The summed E-state index contributed by atoms with van der Waals surface area (Å²) in [5.74, 6) is -0.876. The predicted octanol–water partition coefficient (Wildman–Crippen LogP) is 3.58. The molecule has 3 nitrogen and oxygen atoms in total. The number of ether oxygens (including phenoxy) is 2. The van der Waals surface area contributed by atoms with Crippen LogP contribution in [-0.4, -0.2) is 26.0 Å². The molecule has 1 aromatic carbocycles. The van der Waals surface area contributed by atoms with E-state index in [0.717, 1.165) is 31.2 Å². The van der Waals surface area contributed by atoms with Crippen LogP contribution >= 0.6 is 0 Å². The molecule has 1 heterocycles. The van der Waals surface area contributed by atoms with Crippen molar-refractivity contribution in [3.63, 3.8) is 0 Å². The number of benzene rings is 1. The molecule has 1 aromatic rings. The highest BCUT2D eigenvalue weighted by Crippen LogP contribution is 2.50. The number of rotatable bonds is 2. The lowest BCUT2D eigenvalue weighted by molar-refractivity contribution is -0.345. The van der Waals surface area contributed by atoms with Gasteiger partial charge >= 0.3 is 0 Å². The van der Waals surface area contributed by atoms with Crippen LogP contribution in [0.5, 0.6) is 0 Å². The summed E-state index contributed by atoms with van der Waals surface area (Å²) in [5, 5.41) is 3.47. The van der Waals surface area contributed by atoms with Crippen molar-refractivity contribution in [3.8, 4) is 0 Å². The Morgan fingerprint density at radius 3 is 2.18 bits per heavy atom. The number of hydrogen-bond acceptors (Lipinski definition) is 3. The second kappa shape index (κ2) is 5.59. The molecule has 1 aliphatic carbocycles. The van der Waals surface area contributed by atoms with E-state index >= 15 is 0 Å². The van der Waals surface area contributed by atoms with Gasteiger partial charge in [0.05, 0.1) is 18.8 Å². The first-order valence-electron chi connectivity index (χ1n) is 8.16. The van der Waals surface area contributed by atoms with E-state index in [1.807, 2.05) is 19.2 Å². The summed E-state index contributed by atoms with van der Waals surface area (Å²) in [6.45, 7) is 5.67. The van der Waals surface area contributed by atoms with Crippen LogP contribution in [-0.2, 0) is 15.0 Å². The molecule has 4 heteroatoms. The lowest BCUT2D eigenvalue weighted by Crippen LogP contribution is -2.66. The Kier molecular flexibility index (Phi) is 4.04. The molecule has 2 aliphatic rings. The highest BCUT2D eigenvalue weighted by molar-refractivity contribution is 5.29. The zero-order valence-electron chi connectivity index (χ0n) is 13.7. The van der Waals surface area contributed by atoms with E-state index in [4.69, 9.17) is 9.47 Å². The topological polar surface area (TPSA) is 30.5 Å². The molecule has 0 aromatic heterocycles. The Labute approximate surface area is 132 Å². The molecule has 0 bridgehead atoms. The normalized spacial score (nSPS) is 30.4. The first kappa shape index (κ1) is 15.9. The molecule has 1 atom stereocenters. The van der Waals surface area contributed by atoms with Crippen molar-refractivity contribution in [1.29, 1.82) is 0 Å². The number of nitrogens with one attached hydrogen (secondary N) is 1. The van der Waals surface area contributed by atoms with Crippen LogP contribution < -0.4 is 5.32 Å². The van der Waals surface area contributed by atoms with Crippen molar-refractivity contribution in [1.82, 2.24) is 5.32 Å². The van der Waals surface area contributed by atoms with Gasteiger partial charge in [-0.15, -0.1) is 0 Å². The van der Waals surface area contributed by atoms with Crippen LogP contribution in [0.3, 0.4) is 0 Å². The van der Waals surface area contributed by atoms with Crippen LogP contribution in [0.4, 0.5) is 4.39 Å². The lowest BCUT2D eigenvalue weighted by atomic mass is 9.70. The van der Waals surface area contributed by atoms with Crippen LogP contribution in [0.15, 0.2) is 24.3 Å². The number of halogens is 1. The molecule has 0 radical (unpaired) electrons. The zero-order valence-corrected chi connectivity index (χ0v) is 13.7. The molecule has 122 valence electrons. The summed E-state index contributed by atoms with van der Waals surface area (Å²) in [5.41, 5.74) is 0.649. The van der Waals surface area contributed by atoms with Gasteiger partial charge in [0.2, 0.25) is 0 Å². The summed E-state index contributed by atoms with van der Waals surface area (Å²) in [4.78, 5) is 0. The van der Waals surface area contributed by atoms with Gasteiger partial charge in [0, 0.05) is 11.8 Å².